The van der Waals surface area contributed by atoms with Crippen molar-refractivity contribution in [3.63, 3.8) is 0 Å². The highest BCUT2D eigenvalue weighted by molar-refractivity contribution is 5.87. The van der Waals surface area contributed by atoms with Gasteiger partial charge in [-0.1, -0.05) is 56.7 Å². The number of nitrogens with zero attached hydrogens (tertiary/aromatic N) is 1. The van der Waals surface area contributed by atoms with Crippen molar-refractivity contribution in [3.8, 4) is 11.5 Å². The van der Waals surface area contributed by atoms with Crippen LogP contribution in [0.15, 0.2) is 48.7 Å². The lowest BCUT2D eigenvalue weighted by Crippen LogP contribution is -2.36. The maximum Gasteiger partial charge on any atom is 0.221 e. The van der Waals surface area contributed by atoms with Gasteiger partial charge in [0.25, 0.3) is 0 Å². The van der Waals surface area contributed by atoms with Crippen LogP contribution in [0, 0.1) is 5.92 Å². The van der Waals surface area contributed by atoms with Crippen LogP contribution in [0.2, 0.25) is 0 Å². The van der Waals surface area contributed by atoms with Crippen molar-refractivity contribution < 1.29 is 14.3 Å². The van der Waals surface area contributed by atoms with Crippen LogP contribution in [0.25, 0.3) is 10.9 Å². The third-order valence-electron chi connectivity index (χ3n) is 8.51. The lowest BCUT2D eigenvalue weighted by Gasteiger charge is -2.25. The lowest BCUT2D eigenvalue weighted by atomic mass is 9.87. The molecule has 198 valence electrons. The minimum atomic E-state index is -0.0925. The molecule has 3 aromatic rings. The summed E-state index contributed by atoms with van der Waals surface area (Å²) >= 11 is 0. The molecule has 0 spiro atoms. The number of methoxy groups -OCH3 is 2. The Bertz CT molecular complexity index is 1170. The molecule has 2 saturated carbocycles. The number of ether oxygens (including phenoxy) is 2. The highest BCUT2D eigenvalue weighted by Gasteiger charge is 2.26. The van der Waals surface area contributed by atoms with E-state index in [0.29, 0.717) is 12.5 Å². The van der Waals surface area contributed by atoms with Gasteiger partial charge in [0.15, 0.2) is 0 Å². The predicted molar refractivity (Wildman–Crippen MR) is 150 cm³/mol. The van der Waals surface area contributed by atoms with Gasteiger partial charge in [-0.2, -0.15) is 0 Å². The van der Waals surface area contributed by atoms with Crippen LogP contribution in [0.5, 0.6) is 11.5 Å². The summed E-state index contributed by atoms with van der Waals surface area (Å²) in [5.74, 6) is 2.26. The average Bonchev–Trinajstić information content (AvgIpc) is 3.30. The molecule has 1 N–H and O–H groups in total. The van der Waals surface area contributed by atoms with Crippen molar-refractivity contribution >= 4 is 16.8 Å². The molecule has 1 aromatic heterocycles. The maximum atomic E-state index is 13.5. The van der Waals surface area contributed by atoms with Gasteiger partial charge in [0.1, 0.15) is 11.5 Å². The second kappa shape index (κ2) is 12.1. The molecule has 1 atom stereocenters. The Morgan fingerprint density at radius 1 is 0.919 bits per heavy atom. The quantitative estimate of drug-likeness (QED) is 0.336. The molecule has 1 amide bonds. The van der Waals surface area contributed by atoms with E-state index in [2.05, 4.69) is 52.5 Å². The number of aromatic nitrogens is 1. The lowest BCUT2D eigenvalue weighted by molar-refractivity contribution is -0.122. The van der Waals surface area contributed by atoms with Gasteiger partial charge in [0.2, 0.25) is 5.91 Å². The monoisotopic (exact) mass is 502 g/mol. The fourth-order valence-corrected chi connectivity index (χ4v) is 6.51. The van der Waals surface area contributed by atoms with E-state index in [-0.39, 0.29) is 11.8 Å². The summed E-state index contributed by atoms with van der Waals surface area (Å²) < 4.78 is 13.7. The van der Waals surface area contributed by atoms with Crippen LogP contribution < -0.4 is 14.8 Å². The molecule has 2 fully saturated rings. The van der Waals surface area contributed by atoms with Crippen molar-refractivity contribution in [1.29, 1.82) is 0 Å². The largest absolute Gasteiger partial charge is 0.497 e. The number of rotatable bonds is 9. The summed E-state index contributed by atoms with van der Waals surface area (Å²) in [4.78, 5) is 13.5. The molecule has 5 heteroatoms. The molecule has 5 rings (SSSR count). The van der Waals surface area contributed by atoms with Gasteiger partial charge >= 0.3 is 0 Å². The first-order valence-electron chi connectivity index (χ1n) is 14.2. The molecular weight excluding hydrogens is 460 g/mol. The zero-order valence-electron chi connectivity index (χ0n) is 22.5. The maximum absolute atomic E-state index is 13.5. The number of fused-ring (bicyclic) bond motifs is 1. The SMILES string of the molecule is COc1cc(OC)cc(C(CC(=O)NC2CCCCC2)c2cn(CC3CCCCC3)c3ccccc23)c1. The third-order valence-corrected chi connectivity index (χ3v) is 8.51. The minimum absolute atomic E-state index is 0.0925. The summed E-state index contributed by atoms with van der Waals surface area (Å²) in [7, 11) is 3.36. The second-order valence-corrected chi connectivity index (χ2v) is 11.1. The Morgan fingerprint density at radius 2 is 1.57 bits per heavy atom. The number of amides is 1. The van der Waals surface area contributed by atoms with Crippen LogP contribution in [0.1, 0.15) is 87.7 Å². The third kappa shape index (κ3) is 6.14. The molecule has 0 aliphatic heterocycles. The molecule has 0 saturated heterocycles. The molecule has 5 nitrogen and oxygen atoms in total. The van der Waals surface area contributed by atoms with Gasteiger partial charge in [-0.25, -0.2) is 0 Å². The van der Waals surface area contributed by atoms with E-state index in [1.807, 2.05) is 6.07 Å². The van der Waals surface area contributed by atoms with Gasteiger partial charge in [-0.3, -0.25) is 4.79 Å². The van der Waals surface area contributed by atoms with Gasteiger partial charge in [-0.05, 0) is 60.9 Å². The fraction of sp³-hybridized carbons (Fsp3) is 0.531. The summed E-state index contributed by atoms with van der Waals surface area (Å²) in [5.41, 5.74) is 3.52. The highest BCUT2D eigenvalue weighted by Crippen LogP contribution is 2.39. The standard InChI is InChI=1S/C32H42N2O3/c1-36-26-17-24(18-27(19-26)37-2)29(20-32(35)33-25-13-7-4-8-14-25)30-22-34(21-23-11-5-3-6-12-23)31-16-10-9-15-28(30)31/h9-10,15-19,22-23,25,29H,3-8,11-14,20-21H2,1-2H3,(H,33,35). The number of nitrogens with one attached hydrogen (secondary N) is 1. The molecule has 2 aromatic carbocycles. The summed E-state index contributed by atoms with van der Waals surface area (Å²) in [6.45, 7) is 1.04. The summed E-state index contributed by atoms with van der Waals surface area (Å²) in [5, 5.41) is 4.59. The summed E-state index contributed by atoms with van der Waals surface area (Å²) in [6, 6.07) is 15.0. The Kier molecular flexibility index (Phi) is 8.38. The van der Waals surface area contributed by atoms with E-state index in [1.54, 1.807) is 14.2 Å². The molecule has 37 heavy (non-hydrogen) atoms. The molecule has 2 aliphatic carbocycles. The van der Waals surface area contributed by atoms with E-state index in [9.17, 15) is 4.79 Å². The van der Waals surface area contributed by atoms with E-state index in [4.69, 9.17) is 9.47 Å². The number of para-hydroxylation sites is 1. The van der Waals surface area contributed by atoms with Gasteiger partial charge in [0, 0.05) is 48.1 Å². The van der Waals surface area contributed by atoms with E-state index < -0.39 is 0 Å². The number of carbonyl (C=O) groups excluding carboxylic acids is 1. The molecular formula is C32H42N2O3. The Hall–Kier alpha value is -2.95. The predicted octanol–water partition coefficient (Wildman–Crippen LogP) is 7.21. The number of hydrogen-bond acceptors (Lipinski definition) is 3. The number of carbonyl (C=O) groups is 1. The highest BCUT2D eigenvalue weighted by atomic mass is 16.5. The Balaban J connectivity index is 1.52. The van der Waals surface area contributed by atoms with Crippen LogP contribution in [0.3, 0.4) is 0 Å². The first kappa shape index (κ1) is 25.7. The van der Waals surface area contributed by atoms with Crippen molar-refractivity contribution in [2.24, 2.45) is 5.92 Å². The molecule has 0 bridgehead atoms. The molecule has 1 heterocycles. The smallest absolute Gasteiger partial charge is 0.221 e. The average molecular weight is 503 g/mol. The zero-order chi connectivity index (χ0) is 25.6. The fourth-order valence-electron chi connectivity index (χ4n) is 6.51. The number of benzene rings is 2. The van der Waals surface area contributed by atoms with Crippen LogP contribution in [-0.2, 0) is 11.3 Å². The van der Waals surface area contributed by atoms with E-state index >= 15 is 0 Å². The van der Waals surface area contributed by atoms with Gasteiger partial charge in [-0.15, -0.1) is 0 Å². The normalized spacial score (nSPS) is 18.0. The minimum Gasteiger partial charge on any atom is -0.497 e. The molecule has 1 unspecified atom stereocenters. The Morgan fingerprint density at radius 3 is 2.24 bits per heavy atom. The second-order valence-electron chi connectivity index (χ2n) is 11.1. The van der Waals surface area contributed by atoms with E-state index in [0.717, 1.165) is 42.4 Å². The van der Waals surface area contributed by atoms with Crippen LogP contribution in [-0.4, -0.2) is 30.7 Å². The first-order chi connectivity index (χ1) is 18.1. The molecule has 2 aliphatic rings. The molecule has 0 radical (unpaired) electrons. The van der Waals surface area contributed by atoms with Crippen LogP contribution >= 0.6 is 0 Å². The van der Waals surface area contributed by atoms with E-state index in [1.165, 1.54) is 67.8 Å². The Labute approximate surface area is 221 Å². The van der Waals surface area contributed by atoms with Gasteiger partial charge in [0.05, 0.1) is 14.2 Å². The van der Waals surface area contributed by atoms with Crippen molar-refractivity contribution in [2.45, 2.75) is 89.1 Å². The van der Waals surface area contributed by atoms with Gasteiger partial charge < -0.3 is 19.4 Å². The van der Waals surface area contributed by atoms with Crippen molar-refractivity contribution in [2.75, 3.05) is 14.2 Å². The van der Waals surface area contributed by atoms with Crippen molar-refractivity contribution in [3.05, 3.63) is 59.8 Å². The number of hydrogen-bond donors (Lipinski definition) is 1. The van der Waals surface area contributed by atoms with Crippen LogP contribution in [0.4, 0.5) is 0 Å². The van der Waals surface area contributed by atoms with Crippen molar-refractivity contribution in [1.82, 2.24) is 9.88 Å². The topological polar surface area (TPSA) is 52.5 Å². The summed E-state index contributed by atoms with van der Waals surface area (Å²) in [6.07, 6.45) is 15.2. The zero-order valence-corrected chi connectivity index (χ0v) is 22.5. The first-order valence-corrected chi connectivity index (χ1v) is 14.2.